The second-order valence-corrected chi connectivity index (χ2v) is 6.02. The van der Waals surface area contributed by atoms with E-state index in [0.717, 1.165) is 18.0 Å². The predicted octanol–water partition coefficient (Wildman–Crippen LogP) is 2.39. The molecule has 3 atom stereocenters. The van der Waals surface area contributed by atoms with Gasteiger partial charge in [-0.3, -0.25) is 0 Å². The fourth-order valence-corrected chi connectivity index (χ4v) is 4.16. The van der Waals surface area contributed by atoms with Crippen LogP contribution in [0.15, 0.2) is 0 Å². The average molecular weight is 222 g/mol. The van der Waals surface area contributed by atoms with E-state index in [2.05, 4.69) is 10.2 Å². The molecule has 1 N–H and O–H groups in total. The van der Waals surface area contributed by atoms with E-state index in [1.165, 1.54) is 71.0 Å². The van der Waals surface area contributed by atoms with Crippen LogP contribution in [0.3, 0.4) is 0 Å². The third kappa shape index (κ3) is 2.28. The van der Waals surface area contributed by atoms with Crippen molar-refractivity contribution in [1.82, 2.24) is 10.2 Å². The van der Waals surface area contributed by atoms with Crippen molar-refractivity contribution < 1.29 is 0 Å². The SMILES string of the molecule is C1CNC(CCN2CCCC3CCCC32)C1. The van der Waals surface area contributed by atoms with Gasteiger partial charge in [0, 0.05) is 12.1 Å². The largest absolute Gasteiger partial charge is 0.314 e. The van der Waals surface area contributed by atoms with Gasteiger partial charge in [-0.2, -0.15) is 0 Å². The Morgan fingerprint density at radius 3 is 2.81 bits per heavy atom. The van der Waals surface area contributed by atoms with Gasteiger partial charge in [0.25, 0.3) is 0 Å². The first-order valence-electron chi connectivity index (χ1n) is 7.41. The Bertz CT molecular complexity index is 223. The van der Waals surface area contributed by atoms with Gasteiger partial charge in [0.05, 0.1) is 0 Å². The Labute approximate surface area is 99.8 Å². The van der Waals surface area contributed by atoms with Crippen LogP contribution >= 0.6 is 0 Å². The van der Waals surface area contributed by atoms with Crippen LogP contribution in [0.2, 0.25) is 0 Å². The zero-order chi connectivity index (χ0) is 10.8. The maximum Gasteiger partial charge on any atom is 0.0123 e. The molecule has 16 heavy (non-hydrogen) atoms. The van der Waals surface area contributed by atoms with Crippen molar-refractivity contribution in [3.8, 4) is 0 Å². The van der Waals surface area contributed by atoms with Crippen molar-refractivity contribution in [3.05, 3.63) is 0 Å². The number of nitrogens with zero attached hydrogens (tertiary/aromatic N) is 1. The Morgan fingerprint density at radius 2 is 1.94 bits per heavy atom. The third-order valence-corrected chi connectivity index (χ3v) is 5.04. The topological polar surface area (TPSA) is 15.3 Å². The van der Waals surface area contributed by atoms with Crippen molar-refractivity contribution in [3.63, 3.8) is 0 Å². The molecule has 2 heteroatoms. The number of nitrogens with one attached hydrogen (secondary N) is 1. The molecular formula is C14H26N2. The van der Waals surface area contributed by atoms with Crippen LogP contribution in [-0.2, 0) is 0 Å². The highest BCUT2D eigenvalue weighted by Gasteiger charge is 2.34. The first-order valence-corrected chi connectivity index (χ1v) is 7.41. The maximum absolute atomic E-state index is 3.63. The van der Waals surface area contributed by atoms with Crippen LogP contribution < -0.4 is 5.32 Å². The smallest absolute Gasteiger partial charge is 0.0123 e. The van der Waals surface area contributed by atoms with Gasteiger partial charge in [0.1, 0.15) is 0 Å². The molecule has 3 rings (SSSR count). The molecule has 0 aromatic rings. The van der Waals surface area contributed by atoms with E-state index in [4.69, 9.17) is 0 Å². The molecule has 3 aliphatic rings. The quantitative estimate of drug-likeness (QED) is 0.789. The van der Waals surface area contributed by atoms with E-state index in [-0.39, 0.29) is 0 Å². The van der Waals surface area contributed by atoms with Gasteiger partial charge in [-0.25, -0.2) is 0 Å². The highest BCUT2D eigenvalue weighted by molar-refractivity contribution is 4.89. The summed E-state index contributed by atoms with van der Waals surface area (Å²) in [5, 5.41) is 3.63. The summed E-state index contributed by atoms with van der Waals surface area (Å²) >= 11 is 0. The molecule has 2 nitrogen and oxygen atoms in total. The third-order valence-electron chi connectivity index (χ3n) is 5.04. The molecule has 0 aromatic carbocycles. The Morgan fingerprint density at radius 1 is 1.00 bits per heavy atom. The van der Waals surface area contributed by atoms with E-state index in [1.54, 1.807) is 0 Å². The molecule has 0 aromatic heterocycles. The molecular weight excluding hydrogens is 196 g/mol. The monoisotopic (exact) mass is 222 g/mol. The van der Waals surface area contributed by atoms with Crippen LogP contribution in [-0.4, -0.2) is 36.6 Å². The lowest BCUT2D eigenvalue weighted by Gasteiger charge is -2.38. The van der Waals surface area contributed by atoms with E-state index >= 15 is 0 Å². The van der Waals surface area contributed by atoms with Gasteiger partial charge in [-0.1, -0.05) is 6.42 Å². The van der Waals surface area contributed by atoms with Crippen molar-refractivity contribution in [2.45, 2.75) is 63.5 Å². The summed E-state index contributed by atoms with van der Waals surface area (Å²) in [6.45, 7) is 4.00. The number of rotatable bonds is 3. The van der Waals surface area contributed by atoms with Gasteiger partial charge in [-0.05, 0) is 70.5 Å². The zero-order valence-corrected chi connectivity index (χ0v) is 10.5. The van der Waals surface area contributed by atoms with E-state index in [0.29, 0.717) is 0 Å². The van der Waals surface area contributed by atoms with Gasteiger partial charge < -0.3 is 10.2 Å². The molecule has 0 spiro atoms. The van der Waals surface area contributed by atoms with Crippen LogP contribution in [0.1, 0.15) is 51.4 Å². The summed E-state index contributed by atoms with van der Waals surface area (Å²) in [7, 11) is 0. The minimum Gasteiger partial charge on any atom is -0.314 e. The van der Waals surface area contributed by atoms with Crippen molar-refractivity contribution in [2.24, 2.45) is 5.92 Å². The maximum atomic E-state index is 3.63. The highest BCUT2D eigenvalue weighted by atomic mass is 15.2. The summed E-state index contributed by atoms with van der Waals surface area (Å²) < 4.78 is 0. The zero-order valence-electron chi connectivity index (χ0n) is 10.5. The standard InChI is InChI=1S/C14H26N2/c1-4-12-5-3-10-16(14(12)7-1)11-8-13-6-2-9-15-13/h12-15H,1-11H2. The molecule has 3 fully saturated rings. The van der Waals surface area contributed by atoms with Crippen LogP contribution in [0.4, 0.5) is 0 Å². The minimum absolute atomic E-state index is 0.835. The van der Waals surface area contributed by atoms with Crippen molar-refractivity contribution in [2.75, 3.05) is 19.6 Å². The molecule has 92 valence electrons. The van der Waals surface area contributed by atoms with Crippen LogP contribution in [0, 0.1) is 5.92 Å². The molecule has 0 bridgehead atoms. The number of fused-ring (bicyclic) bond motifs is 1. The minimum atomic E-state index is 0.835. The molecule has 2 saturated heterocycles. The van der Waals surface area contributed by atoms with Gasteiger partial charge in [-0.15, -0.1) is 0 Å². The number of likely N-dealkylation sites (tertiary alicyclic amines) is 1. The molecule has 3 unspecified atom stereocenters. The molecule has 1 aliphatic carbocycles. The van der Waals surface area contributed by atoms with Gasteiger partial charge in [0.15, 0.2) is 0 Å². The summed E-state index contributed by atoms with van der Waals surface area (Å²) in [5.74, 6) is 1.06. The molecule has 2 aliphatic heterocycles. The highest BCUT2D eigenvalue weighted by Crippen LogP contribution is 2.36. The van der Waals surface area contributed by atoms with E-state index in [1.807, 2.05) is 0 Å². The number of hydrogen-bond acceptors (Lipinski definition) is 2. The second-order valence-electron chi connectivity index (χ2n) is 6.02. The van der Waals surface area contributed by atoms with Crippen LogP contribution in [0.25, 0.3) is 0 Å². The molecule has 0 amide bonds. The summed E-state index contributed by atoms with van der Waals surface area (Å²) in [4.78, 5) is 2.82. The lowest BCUT2D eigenvalue weighted by Crippen LogP contribution is -2.44. The Kier molecular flexibility index (Phi) is 3.49. The molecule has 0 radical (unpaired) electrons. The van der Waals surface area contributed by atoms with Crippen LogP contribution in [0.5, 0.6) is 0 Å². The molecule has 1 saturated carbocycles. The van der Waals surface area contributed by atoms with E-state index < -0.39 is 0 Å². The van der Waals surface area contributed by atoms with Gasteiger partial charge >= 0.3 is 0 Å². The van der Waals surface area contributed by atoms with Gasteiger partial charge in [0.2, 0.25) is 0 Å². The molecule has 2 heterocycles. The fourth-order valence-electron chi connectivity index (χ4n) is 4.16. The van der Waals surface area contributed by atoms with Crippen molar-refractivity contribution >= 4 is 0 Å². The van der Waals surface area contributed by atoms with E-state index in [9.17, 15) is 0 Å². The summed E-state index contributed by atoms with van der Waals surface area (Å²) in [6, 6.07) is 1.80. The average Bonchev–Trinajstić information content (AvgIpc) is 2.97. The number of hydrogen-bond donors (Lipinski definition) is 1. The summed E-state index contributed by atoms with van der Waals surface area (Å²) in [5.41, 5.74) is 0. The first-order chi connectivity index (χ1) is 7.93. The summed E-state index contributed by atoms with van der Waals surface area (Å²) in [6.07, 6.45) is 11.7. The Hall–Kier alpha value is -0.0800. The normalized spacial score (nSPS) is 40.1. The fraction of sp³-hybridized carbons (Fsp3) is 1.00. The lowest BCUT2D eigenvalue weighted by atomic mass is 9.91. The second kappa shape index (κ2) is 5.05. The first kappa shape index (κ1) is 11.0. The Balaban J connectivity index is 1.49. The van der Waals surface area contributed by atoms with Crippen molar-refractivity contribution in [1.29, 1.82) is 0 Å². The number of piperidine rings is 1. The predicted molar refractivity (Wildman–Crippen MR) is 67.6 cm³/mol. The lowest BCUT2D eigenvalue weighted by molar-refractivity contribution is 0.109.